The first kappa shape index (κ1) is 15.0. The number of benzene rings is 1. The number of hydrogen-bond acceptors (Lipinski definition) is 5. The Kier molecular flexibility index (Phi) is 3.69. The summed E-state index contributed by atoms with van der Waals surface area (Å²) in [6.07, 6.45) is 1.24. The zero-order valence-corrected chi connectivity index (χ0v) is 12.5. The van der Waals surface area contributed by atoms with E-state index >= 15 is 0 Å². The number of aryl methyl sites for hydroxylation is 2. The number of nitrogens with one attached hydrogen (secondary N) is 1. The van der Waals surface area contributed by atoms with Crippen LogP contribution in [-0.4, -0.2) is 23.1 Å². The number of sulfonamides is 1. The van der Waals surface area contributed by atoms with Gasteiger partial charge in [0.25, 0.3) is 15.7 Å². The third-order valence-electron chi connectivity index (χ3n) is 3.14. The monoisotopic (exact) mass is 310 g/mol. The van der Waals surface area contributed by atoms with Crippen LogP contribution in [0, 0.1) is 24.0 Å². The summed E-state index contributed by atoms with van der Waals surface area (Å²) in [7, 11) is -2.20. The summed E-state index contributed by atoms with van der Waals surface area (Å²) in [5, 5.41) is 14.8. The summed E-state index contributed by atoms with van der Waals surface area (Å²) in [6, 6.07) is 4.16. The molecule has 9 heteroatoms. The second-order valence-electron chi connectivity index (χ2n) is 4.58. The maximum atomic E-state index is 12.3. The van der Waals surface area contributed by atoms with Crippen LogP contribution >= 0.6 is 0 Å². The molecule has 0 fully saturated rings. The lowest BCUT2D eigenvalue weighted by molar-refractivity contribution is -0.385. The molecule has 112 valence electrons. The number of nitro benzene ring substituents is 1. The quantitative estimate of drug-likeness (QED) is 0.683. The number of aromatic nitrogens is 2. The highest BCUT2D eigenvalue weighted by atomic mass is 32.2. The molecular weight excluding hydrogens is 296 g/mol. The molecule has 0 saturated heterocycles. The van der Waals surface area contributed by atoms with Crippen molar-refractivity contribution < 1.29 is 13.3 Å². The Morgan fingerprint density at radius 3 is 2.52 bits per heavy atom. The van der Waals surface area contributed by atoms with E-state index in [9.17, 15) is 18.5 Å². The van der Waals surface area contributed by atoms with E-state index in [1.54, 1.807) is 20.9 Å². The number of anilines is 1. The Bertz CT molecular complexity index is 811. The van der Waals surface area contributed by atoms with E-state index in [0.717, 1.165) is 0 Å². The highest BCUT2D eigenvalue weighted by Crippen LogP contribution is 2.25. The SMILES string of the molecule is Cc1ccc(NS(=O)(=O)c2cnn(C)c2C)cc1[N+](=O)[O-]. The zero-order chi connectivity index (χ0) is 15.8. The highest BCUT2D eigenvalue weighted by molar-refractivity contribution is 7.92. The van der Waals surface area contributed by atoms with Crippen molar-refractivity contribution in [2.24, 2.45) is 7.05 Å². The fraction of sp³-hybridized carbons (Fsp3) is 0.250. The predicted octanol–water partition coefficient (Wildman–Crippen LogP) is 1.75. The average Bonchev–Trinajstić information content (AvgIpc) is 2.72. The zero-order valence-electron chi connectivity index (χ0n) is 11.7. The molecule has 0 spiro atoms. The van der Waals surface area contributed by atoms with Crippen molar-refractivity contribution in [1.29, 1.82) is 0 Å². The van der Waals surface area contributed by atoms with Gasteiger partial charge in [-0.1, -0.05) is 6.07 Å². The number of nitrogens with zero attached hydrogens (tertiary/aromatic N) is 3. The van der Waals surface area contributed by atoms with Crippen LogP contribution in [0.4, 0.5) is 11.4 Å². The molecule has 21 heavy (non-hydrogen) atoms. The molecule has 1 N–H and O–H groups in total. The van der Waals surface area contributed by atoms with Crippen LogP contribution in [-0.2, 0) is 17.1 Å². The van der Waals surface area contributed by atoms with E-state index < -0.39 is 14.9 Å². The lowest BCUT2D eigenvalue weighted by Crippen LogP contribution is -2.14. The number of rotatable bonds is 4. The van der Waals surface area contributed by atoms with Gasteiger partial charge in [0, 0.05) is 18.7 Å². The largest absolute Gasteiger partial charge is 0.279 e. The normalized spacial score (nSPS) is 11.4. The highest BCUT2D eigenvalue weighted by Gasteiger charge is 2.21. The Morgan fingerprint density at radius 1 is 1.33 bits per heavy atom. The smallest absolute Gasteiger partial charge is 0.274 e. The van der Waals surface area contributed by atoms with E-state index in [4.69, 9.17) is 0 Å². The van der Waals surface area contributed by atoms with Gasteiger partial charge < -0.3 is 0 Å². The van der Waals surface area contributed by atoms with Gasteiger partial charge in [-0.3, -0.25) is 19.5 Å². The molecule has 0 saturated carbocycles. The van der Waals surface area contributed by atoms with Crippen LogP contribution in [0.2, 0.25) is 0 Å². The van der Waals surface area contributed by atoms with Crippen molar-refractivity contribution in [2.75, 3.05) is 4.72 Å². The van der Waals surface area contributed by atoms with Crippen LogP contribution in [0.1, 0.15) is 11.3 Å². The molecule has 0 aliphatic rings. The maximum absolute atomic E-state index is 12.3. The molecule has 0 aliphatic heterocycles. The van der Waals surface area contributed by atoms with Crippen molar-refractivity contribution in [3.8, 4) is 0 Å². The van der Waals surface area contributed by atoms with Gasteiger partial charge in [-0.2, -0.15) is 5.10 Å². The fourth-order valence-electron chi connectivity index (χ4n) is 1.82. The minimum Gasteiger partial charge on any atom is -0.279 e. The Morgan fingerprint density at radius 2 is 2.00 bits per heavy atom. The van der Waals surface area contributed by atoms with Crippen molar-refractivity contribution in [3.05, 3.63) is 45.8 Å². The van der Waals surface area contributed by atoms with E-state index in [1.165, 1.54) is 29.1 Å². The first-order valence-electron chi connectivity index (χ1n) is 5.99. The van der Waals surface area contributed by atoms with Crippen LogP contribution in [0.3, 0.4) is 0 Å². The summed E-state index contributed by atoms with van der Waals surface area (Å²) < 4.78 is 28.3. The lowest BCUT2D eigenvalue weighted by atomic mass is 10.2. The second kappa shape index (κ2) is 5.17. The minimum absolute atomic E-state index is 0.0354. The van der Waals surface area contributed by atoms with Crippen LogP contribution in [0.15, 0.2) is 29.3 Å². The topological polar surface area (TPSA) is 107 Å². The van der Waals surface area contributed by atoms with Crippen molar-refractivity contribution in [2.45, 2.75) is 18.7 Å². The van der Waals surface area contributed by atoms with E-state index in [2.05, 4.69) is 9.82 Å². The molecule has 0 aliphatic carbocycles. The Hall–Kier alpha value is -2.42. The van der Waals surface area contributed by atoms with Gasteiger partial charge in [0.1, 0.15) is 4.90 Å². The van der Waals surface area contributed by atoms with Gasteiger partial charge in [0.15, 0.2) is 0 Å². The number of nitro groups is 1. The standard InChI is InChI=1S/C12H14N4O4S/c1-8-4-5-10(6-11(8)16(17)18)14-21(19,20)12-7-13-15(3)9(12)2/h4-7,14H,1-3H3. The van der Waals surface area contributed by atoms with E-state index in [1.807, 2.05) is 0 Å². The first-order chi connectivity index (χ1) is 9.72. The van der Waals surface area contributed by atoms with Gasteiger partial charge in [-0.25, -0.2) is 8.42 Å². The molecule has 0 unspecified atom stereocenters. The Labute approximate surface area is 121 Å². The second-order valence-corrected chi connectivity index (χ2v) is 6.23. The van der Waals surface area contributed by atoms with Gasteiger partial charge >= 0.3 is 0 Å². The molecular formula is C12H14N4O4S. The Balaban J connectivity index is 2.40. The van der Waals surface area contributed by atoms with Gasteiger partial charge in [0.2, 0.25) is 0 Å². The fourth-order valence-corrected chi connectivity index (χ4v) is 3.08. The third-order valence-corrected chi connectivity index (χ3v) is 4.62. The minimum atomic E-state index is -3.83. The molecule has 1 aromatic heterocycles. The predicted molar refractivity (Wildman–Crippen MR) is 76.6 cm³/mol. The molecule has 0 radical (unpaired) electrons. The third kappa shape index (κ3) is 2.87. The summed E-state index contributed by atoms with van der Waals surface area (Å²) in [4.78, 5) is 10.4. The molecule has 0 atom stereocenters. The van der Waals surface area contributed by atoms with Crippen molar-refractivity contribution >= 4 is 21.4 Å². The van der Waals surface area contributed by atoms with Crippen LogP contribution in [0.5, 0.6) is 0 Å². The molecule has 0 amide bonds. The molecule has 2 aromatic rings. The van der Waals surface area contributed by atoms with Gasteiger partial charge in [-0.15, -0.1) is 0 Å². The summed E-state index contributed by atoms with van der Waals surface area (Å²) in [5.41, 5.74) is 0.929. The van der Waals surface area contributed by atoms with Crippen molar-refractivity contribution in [1.82, 2.24) is 9.78 Å². The summed E-state index contributed by atoms with van der Waals surface area (Å²) in [5.74, 6) is 0. The maximum Gasteiger partial charge on any atom is 0.274 e. The molecule has 1 heterocycles. The summed E-state index contributed by atoms with van der Waals surface area (Å²) in [6.45, 7) is 3.21. The van der Waals surface area contributed by atoms with E-state index in [-0.39, 0.29) is 16.3 Å². The molecule has 8 nitrogen and oxygen atoms in total. The van der Waals surface area contributed by atoms with E-state index in [0.29, 0.717) is 11.3 Å². The van der Waals surface area contributed by atoms with Crippen LogP contribution in [0.25, 0.3) is 0 Å². The number of hydrogen-bond donors (Lipinski definition) is 1. The lowest BCUT2D eigenvalue weighted by Gasteiger charge is -2.08. The summed E-state index contributed by atoms with van der Waals surface area (Å²) >= 11 is 0. The molecule has 2 rings (SSSR count). The van der Waals surface area contributed by atoms with Crippen molar-refractivity contribution in [3.63, 3.8) is 0 Å². The average molecular weight is 310 g/mol. The van der Waals surface area contributed by atoms with Gasteiger partial charge in [0.05, 0.1) is 22.5 Å². The molecule has 0 bridgehead atoms. The first-order valence-corrected chi connectivity index (χ1v) is 7.47. The van der Waals surface area contributed by atoms with Crippen LogP contribution < -0.4 is 4.72 Å². The van der Waals surface area contributed by atoms with Gasteiger partial charge in [-0.05, 0) is 19.9 Å². The molecule has 1 aromatic carbocycles.